The van der Waals surface area contributed by atoms with E-state index in [1.54, 1.807) is 12.3 Å². The monoisotopic (exact) mass is 205 g/mol. The smallest absolute Gasteiger partial charge is 0.163 e. The summed E-state index contributed by atoms with van der Waals surface area (Å²) in [7, 11) is 0. The molecule has 0 radical (unpaired) electrons. The molecule has 4 nitrogen and oxygen atoms in total. The Morgan fingerprint density at radius 2 is 2.47 bits per heavy atom. The molecule has 1 N–H and O–H groups in total. The van der Waals surface area contributed by atoms with Gasteiger partial charge in [-0.1, -0.05) is 0 Å². The standard InChI is InChI=1S/C11H15N3O/c1-3-15-9(2)8-14-10-5-4-6-13-11(10)7-12/h4-6,9,14H,3,8H2,1-2H3. The largest absolute Gasteiger partial charge is 0.380 e. The Labute approximate surface area is 89.9 Å². The fraction of sp³-hybridized carbons (Fsp3) is 0.455. The molecule has 0 aliphatic rings. The Morgan fingerprint density at radius 3 is 3.13 bits per heavy atom. The van der Waals surface area contributed by atoms with Crippen molar-refractivity contribution in [1.29, 1.82) is 5.26 Å². The van der Waals surface area contributed by atoms with E-state index in [0.717, 1.165) is 5.69 Å². The lowest BCUT2D eigenvalue weighted by Gasteiger charge is -2.13. The van der Waals surface area contributed by atoms with Gasteiger partial charge < -0.3 is 10.1 Å². The van der Waals surface area contributed by atoms with E-state index in [2.05, 4.69) is 10.3 Å². The zero-order chi connectivity index (χ0) is 11.1. The Kier molecular flexibility index (Phi) is 4.58. The van der Waals surface area contributed by atoms with Crippen LogP contribution in [0.15, 0.2) is 18.3 Å². The third-order valence-corrected chi connectivity index (χ3v) is 1.94. The molecule has 15 heavy (non-hydrogen) atoms. The average molecular weight is 205 g/mol. The van der Waals surface area contributed by atoms with Crippen LogP contribution in [0.2, 0.25) is 0 Å². The number of nitrogens with one attached hydrogen (secondary N) is 1. The topological polar surface area (TPSA) is 57.9 Å². The van der Waals surface area contributed by atoms with Gasteiger partial charge in [0.1, 0.15) is 6.07 Å². The van der Waals surface area contributed by atoms with Gasteiger partial charge in [0.25, 0.3) is 0 Å². The molecule has 0 saturated heterocycles. The number of nitrogens with zero attached hydrogens (tertiary/aromatic N) is 2. The van der Waals surface area contributed by atoms with Crippen LogP contribution in [0.5, 0.6) is 0 Å². The molecule has 1 atom stereocenters. The Bertz CT molecular complexity index is 346. The lowest BCUT2D eigenvalue weighted by Crippen LogP contribution is -2.20. The van der Waals surface area contributed by atoms with Crippen molar-refractivity contribution in [2.24, 2.45) is 0 Å². The van der Waals surface area contributed by atoms with Crippen LogP contribution in [-0.2, 0) is 4.74 Å². The third kappa shape index (κ3) is 3.56. The van der Waals surface area contributed by atoms with E-state index in [4.69, 9.17) is 10.00 Å². The maximum atomic E-state index is 8.80. The van der Waals surface area contributed by atoms with Gasteiger partial charge in [-0.15, -0.1) is 0 Å². The van der Waals surface area contributed by atoms with Gasteiger partial charge in [-0.2, -0.15) is 5.26 Å². The quantitative estimate of drug-likeness (QED) is 0.796. The number of aromatic nitrogens is 1. The third-order valence-electron chi connectivity index (χ3n) is 1.94. The van der Waals surface area contributed by atoms with E-state index in [1.807, 2.05) is 26.0 Å². The number of nitriles is 1. The fourth-order valence-corrected chi connectivity index (χ4v) is 1.23. The zero-order valence-corrected chi connectivity index (χ0v) is 9.03. The molecule has 0 aromatic carbocycles. The van der Waals surface area contributed by atoms with Gasteiger partial charge in [0.05, 0.1) is 11.8 Å². The zero-order valence-electron chi connectivity index (χ0n) is 9.03. The summed E-state index contributed by atoms with van der Waals surface area (Å²) >= 11 is 0. The second kappa shape index (κ2) is 5.99. The minimum atomic E-state index is 0.127. The first-order chi connectivity index (χ1) is 7.27. The van der Waals surface area contributed by atoms with Crippen molar-refractivity contribution in [3.63, 3.8) is 0 Å². The van der Waals surface area contributed by atoms with Gasteiger partial charge in [-0.05, 0) is 26.0 Å². The van der Waals surface area contributed by atoms with E-state index >= 15 is 0 Å². The Morgan fingerprint density at radius 1 is 1.67 bits per heavy atom. The van der Waals surface area contributed by atoms with Crippen LogP contribution < -0.4 is 5.32 Å². The van der Waals surface area contributed by atoms with Crippen LogP contribution in [0.3, 0.4) is 0 Å². The summed E-state index contributed by atoms with van der Waals surface area (Å²) in [6.07, 6.45) is 1.73. The number of hydrogen-bond acceptors (Lipinski definition) is 4. The van der Waals surface area contributed by atoms with Gasteiger partial charge in [-0.25, -0.2) is 4.98 Å². The minimum absolute atomic E-state index is 0.127. The van der Waals surface area contributed by atoms with Crippen molar-refractivity contribution in [2.75, 3.05) is 18.5 Å². The summed E-state index contributed by atoms with van der Waals surface area (Å²) in [6.45, 7) is 5.31. The van der Waals surface area contributed by atoms with E-state index < -0.39 is 0 Å². The van der Waals surface area contributed by atoms with E-state index in [9.17, 15) is 0 Å². The molecule has 4 heteroatoms. The highest BCUT2D eigenvalue weighted by molar-refractivity contribution is 5.53. The predicted octanol–water partition coefficient (Wildman–Crippen LogP) is 1.79. The molecule has 1 aromatic rings. The van der Waals surface area contributed by atoms with Crippen molar-refractivity contribution < 1.29 is 4.74 Å². The van der Waals surface area contributed by atoms with Crippen LogP contribution in [0, 0.1) is 11.3 Å². The lowest BCUT2D eigenvalue weighted by atomic mass is 10.3. The molecule has 1 heterocycles. The molecule has 0 spiro atoms. The number of hydrogen-bond donors (Lipinski definition) is 1. The summed E-state index contributed by atoms with van der Waals surface area (Å²) in [5.41, 5.74) is 1.17. The van der Waals surface area contributed by atoms with Gasteiger partial charge in [0, 0.05) is 19.3 Å². The molecule has 1 aromatic heterocycles. The molecule has 1 unspecified atom stereocenters. The highest BCUT2D eigenvalue weighted by atomic mass is 16.5. The van der Waals surface area contributed by atoms with Crippen molar-refractivity contribution in [3.05, 3.63) is 24.0 Å². The first kappa shape index (κ1) is 11.5. The van der Waals surface area contributed by atoms with Crippen molar-refractivity contribution in [2.45, 2.75) is 20.0 Å². The molecule has 80 valence electrons. The van der Waals surface area contributed by atoms with Crippen LogP contribution in [0.1, 0.15) is 19.5 Å². The Balaban J connectivity index is 2.54. The van der Waals surface area contributed by atoms with Crippen molar-refractivity contribution in [3.8, 4) is 6.07 Å². The maximum Gasteiger partial charge on any atom is 0.163 e. The first-order valence-electron chi connectivity index (χ1n) is 4.98. The second-order valence-corrected chi connectivity index (χ2v) is 3.16. The Hall–Kier alpha value is -1.60. The van der Waals surface area contributed by atoms with Crippen LogP contribution in [0.4, 0.5) is 5.69 Å². The molecule has 0 fully saturated rings. The molecular formula is C11H15N3O. The van der Waals surface area contributed by atoms with E-state index in [1.165, 1.54) is 0 Å². The van der Waals surface area contributed by atoms with Gasteiger partial charge in [-0.3, -0.25) is 0 Å². The van der Waals surface area contributed by atoms with E-state index in [-0.39, 0.29) is 6.10 Å². The molecule has 0 amide bonds. The summed E-state index contributed by atoms with van der Waals surface area (Å²) in [5.74, 6) is 0. The molecule has 0 aliphatic carbocycles. The van der Waals surface area contributed by atoms with E-state index in [0.29, 0.717) is 18.8 Å². The average Bonchev–Trinajstić information content (AvgIpc) is 2.27. The first-order valence-corrected chi connectivity index (χ1v) is 4.98. The van der Waals surface area contributed by atoms with Crippen LogP contribution in [0.25, 0.3) is 0 Å². The summed E-state index contributed by atoms with van der Waals surface area (Å²) in [6, 6.07) is 5.67. The fourth-order valence-electron chi connectivity index (χ4n) is 1.23. The van der Waals surface area contributed by atoms with Crippen LogP contribution >= 0.6 is 0 Å². The number of pyridine rings is 1. The normalized spacial score (nSPS) is 11.8. The van der Waals surface area contributed by atoms with Gasteiger partial charge in [0.15, 0.2) is 5.69 Å². The molecule has 0 aliphatic heterocycles. The van der Waals surface area contributed by atoms with Crippen LogP contribution in [-0.4, -0.2) is 24.2 Å². The molecule has 0 bridgehead atoms. The number of anilines is 1. The molecular weight excluding hydrogens is 190 g/mol. The molecule has 1 rings (SSSR count). The van der Waals surface area contributed by atoms with Gasteiger partial charge in [0.2, 0.25) is 0 Å². The van der Waals surface area contributed by atoms with Crippen molar-refractivity contribution in [1.82, 2.24) is 4.98 Å². The molecule has 0 saturated carbocycles. The maximum absolute atomic E-state index is 8.80. The highest BCUT2D eigenvalue weighted by Gasteiger charge is 2.04. The number of rotatable bonds is 5. The summed E-state index contributed by atoms with van der Waals surface area (Å²) < 4.78 is 5.37. The highest BCUT2D eigenvalue weighted by Crippen LogP contribution is 2.10. The predicted molar refractivity (Wildman–Crippen MR) is 58.5 cm³/mol. The lowest BCUT2D eigenvalue weighted by molar-refractivity contribution is 0.0855. The summed E-state index contributed by atoms with van der Waals surface area (Å²) in [4.78, 5) is 3.96. The SMILES string of the molecule is CCOC(C)CNc1cccnc1C#N. The number of ether oxygens (including phenoxy) is 1. The van der Waals surface area contributed by atoms with Crippen molar-refractivity contribution >= 4 is 5.69 Å². The summed E-state index contributed by atoms with van der Waals surface area (Å²) in [5, 5.41) is 11.9. The van der Waals surface area contributed by atoms with Gasteiger partial charge >= 0.3 is 0 Å². The minimum Gasteiger partial charge on any atom is -0.380 e. The second-order valence-electron chi connectivity index (χ2n) is 3.16.